The number of anilines is 2. The molecule has 0 bridgehead atoms. The highest BCUT2D eigenvalue weighted by molar-refractivity contribution is 5.99. The molecule has 10 heteroatoms. The van der Waals surface area contributed by atoms with E-state index >= 15 is 4.39 Å². The lowest BCUT2D eigenvalue weighted by Gasteiger charge is -2.37. The van der Waals surface area contributed by atoms with Gasteiger partial charge in [-0.05, 0) is 13.0 Å². The summed E-state index contributed by atoms with van der Waals surface area (Å²) in [7, 11) is 1.35. The first-order valence-electron chi connectivity index (χ1n) is 8.35. The number of nitrogen functional groups attached to an aromatic ring is 1. The molecule has 0 radical (unpaired) electrons. The van der Waals surface area contributed by atoms with Gasteiger partial charge in [0.25, 0.3) is 0 Å². The number of piperidine rings is 1. The standard InChI is InChI=1S/C17H20F2N4O4/c1-22-6-8(17(26)27)16(25)10-13(21)11(18)15(12(19)14(10)22)23-3-2-9(24)7(4-20)5-23/h6-7,9,24H,2-5,20-21H2,1H3,(H,26,27). The van der Waals surface area contributed by atoms with Crippen molar-refractivity contribution in [3.05, 3.63) is 33.6 Å². The van der Waals surface area contributed by atoms with Crippen LogP contribution in [-0.2, 0) is 7.05 Å². The van der Waals surface area contributed by atoms with Gasteiger partial charge in [-0.1, -0.05) is 0 Å². The van der Waals surface area contributed by atoms with Gasteiger partial charge in [-0.3, -0.25) is 4.79 Å². The highest BCUT2D eigenvalue weighted by Gasteiger charge is 2.32. The Morgan fingerprint density at radius 1 is 1.37 bits per heavy atom. The number of pyridine rings is 1. The number of halogens is 2. The zero-order valence-electron chi connectivity index (χ0n) is 14.6. The van der Waals surface area contributed by atoms with E-state index in [4.69, 9.17) is 16.6 Å². The topological polar surface area (TPSA) is 135 Å². The van der Waals surface area contributed by atoms with Crippen molar-refractivity contribution in [3.63, 3.8) is 0 Å². The van der Waals surface area contributed by atoms with Crippen LogP contribution in [0.2, 0.25) is 0 Å². The van der Waals surface area contributed by atoms with Crippen molar-refractivity contribution in [1.82, 2.24) is 4.57 Å². The van der Waals surface area contributed by atoms with Gasteiger partial charge in [0, 0.05) is 32.3 Å². The quantitative estimate of drug-likeness (QED) is 0.559. The number of hydrogen-bond acceptors (Lipinski definition) is 6. The Kier molecular flexibility index (Phi) is 4.79. The maximum atomic E-state index is 15.3. The molecule has 146 valence electrons. The number of hydrogen-bond donors (Lipinski definition) is 4. The molecule has 6 N–H and O–H groups in total. The SMILES string of the molecule is Cn1cc(C(=O)O)c(=O)c2c(N)c(F)c(N3CCC(O)C(CN)C3)c(F)c21. The zero-order chi connectivity index (χ0) is 20.0. The molecule has 2 aromatic rings. The molecule has 0 amide bonds. The Morgan fingerprint density at radius 3 is 2.63 bits per heavy atom. The Balaban J connectivity index is 2.28. The summed E-state index contributed by atoms with van der Waals surface area (Å²) in [5, 5.41) is 18.6. The summed E-state index contributed by atoms with van der Waals surface area (Å²) in [5.74, 6) is -4.03. The number of nitrogens with two attached hydrogens (primary N) is 2. The zero-order valence-corrected chi connectivity index (χ0v) is 14.6. The summed E-state index contributed by atoms with van der Waals surface area (Å²) in [5.41, 5.74) is 8.41. The molecule has 0 saturated carbocycles. The molecule has 3 rings (SSSR count). The van der Waals surface area contributed by atoms with Crippen molar-refractivity contribution in [2.45, 2.75) is 12.5 Å². The maximum Gasteiger partial charge on any atom is 0.341 e. The van der Waals surface area contributed by atoms with Gasteiger partial charge < -0.3 is 31.1 Å². The summed E-state index contributed by atoms with van der Waals surface area (Å²) in [4.78, 5) is 25.0. The van der Waals surface area contributed by atoms with Crippen LogP contribution in [-0.4, -0.2) is 46.5 Å². The highest BCUT2D eigenvalue weighted by Crippen LogP contribution is 2.36. The van der Waals surface area contributed by atoms with Crippen LogP contribution in [0.4, 0.5) is 20.2 Å². The Hall–Kier alpha value is -2.72. The van der Waals surface area contributed by atoms with Crippen LogP contribution in [0.1, 0.15) is 16.8 Å². The smallest absolute Gasteiger partial charge is 0.341 e. The third-order valence-corrected chi connectivity index (χ3v) is 5.06. The molecule has 1 saturated heterocycles. The van der Waals surface area contributed by atoms with Gasteiger partial charge in [0.2, 0.25) is 5.43 Å². The fraction of sp³-hybridized carbons (Fsp3) is 0.412. The molecule has 2 unspecified atom stereocenters. The highest BCUT2D eigenvalue weighted by atomic mass is 19.1. The van der Waals surface area contributed by atoms with Gasteiger partial charge in [0.05, 0.1) is 22.7 Å². The molecule has 1 aliphatic heterocycles. The lowest BCUT2D eigenvalue weighted by Crippen LogP contribution is -2.46. The van der Waals surface area contributed by atoms with Crippen molar-refractivity contribution in [2.24, 2.45) is 18.7 Å². The molecular weight excluding hydrogens is 362 g/mol. The lowest BCUT2D eigenvalue weighted by atomic mass is 9.94. The maximum absolute atomic E-state index is 15.3. The van der Waals surface area contributed by atoms with Crippen LogP contribution in [0.15, 0.2) is 11.0 Å². The molecule has 1 aromatic carbocycles. The first-order valence-corrected chi connectivity index (χ1v) is 8.35. The van der Waals surface area contributed by atoms with Crippen molar-refractivity contribution < 1.29 is 23.8 Å². The number of carboxylic acids is 1. The lowest BCUT2D eigenvalue weighted by molar-refractivity contribution is 0.0694. The minimum Gasteiger partial charge on any atom is -0.477 e. The molecule has 1 aliphatic rings. The van der Waals surface area contributed by atoms with Crippen LogP contribution >= 0.6 is 0 Å². The number of carboxylic acid groups (broad SMARTS) is 1. The van der Waals surface area contributed by atoms with Gasteiger partial charge in [-0.15, -0.1) is 0 Å². The van der Waals surface area contributed by atoms with Crippen LogP contribution in [0, 0.1) is 17.6 Å². The average molecular weight is 382 g/mol. The summed E-state index contributed by atoms with van der Waals surface area (Å²) in [6, 6.07) is 0. The van der Waals surface area contributed by atoms with Crippen LogP contribution in [0.25, 0.3) is 10.9 Å². The number of aromatic nitrogens is 1. The van der Waals surface area contributed by atoms with E-state index in [9.17, 15) is 19.1 Å². The number of carbonyl (C=O) groups is 1. The number of aliphatic hydroxyl groups is 1. The largest absolute Gasteiger partial charge is 0.477 e. The fourth-order valence-corrected chi connectivity index (χ4v) is 3.58. The molecule has 0 spiro atoms. The molecule has 8 nitrogen and oxygen atoms in total. The van der Waals surface area contributed by atoms with Gasteiger partial charge in [-0.2, -0.15) is 0 Å². The molecule has 1 aromatic heterocycles. The number of fused-ring (bicyclic) bond motifs is 1. The third-order valence-electron chi connectivity index (χ3n) is 5.06. The molecule has 2 heterocycles. The van der Waals surface area contributed by atoms with Crippen molar-refractivity contribution in [2.75, 3.05) is 30.3 Å². The number of nitrogens with zero attached hydrogens (tertiary/aromatic N) is 2. The van der Waals surface area contributed by atoms with E-state index in [1.54, 1.807) is 0 Å². The van der Waals surface area contributed by atoms with Crippen molar-refractivity contribution >= 4 is 28.2 Å². The van der Waals surface area contributed by atoms with Crippen molar-refractivity contribution in [1.29, 1.82) is 0 Å². The third kappa shape index (κ3) is 2.90. The molecule has 2 atom stereocenters. The second-order valence-electron chi connectivity index (χ2n) is 6.70. The Bertz CT molecular complexity index is 992. The minimum atomic E-state index is -1.52. The van der Waals surface area contributed by atoms with E-state index in [0.29, 0.717) is 0 Å². The van der Waals surface area contributed by atoms with E-state index in [1.165, 1.54) is 11.9 Å². The number of benzene rings is 1. The number of rotatable bonds is 3. The van der Waals surface area contributed by atoms with E-state index < -0.39 is 51.5 Å². The van der Waals surface area contributed by atoms with E-state index in [2.05, 4.69) is 0 Å². The summed E-state index contributed by atoms with van der Waals surface area (Å²) in [6.45, 7) is 0.444. The molecule has 1 fully saturated rings. The van der Waals surface area contributed by atoms with E-state index in [-0.39, 0.29) is 37.5 Å². The van der Waals surface area contributed by atoms with Crippen LogP contribution in [0.5, 0.6) is 0 Å². The van der Waals surface area contributed by atoms with Gasteiger partial charge in [0.1, 0.15) is 11.3 Å². The first-order chi connectivity index (χ1) is 12.7. The predicted octanol–water partition coefficient (Wildman–Crippen LogP) is 0.243. The van der Waals surface area contributed by atoms with E-state index in [1.807, 2.05) is 0 Å². The normalized spacial score (nSPS) is 20.3. The van der Waals surface area contributed by atoms with Gasteiger partial charge in [0.15, 0.2) is 11.6 Å². The molecular formula is C17H20F2N4O4. The summed E-state index contributed by atoms with van der Waals surface area (Å²) < 4.78 is 31.3. The van der Waals surface area contributed by atoms with E-state index in [0.717, 1.165) is 10.8 Å². The first kappa shape index (κ1) is 19.1. The van der Waals surface area contributed by atoms with Gasteiger partial charge >= 0.3 is 5.97 Å². The average Bonchev–Trinajstić information content (AvgIpc) is 2.62. The minimum absolute atomic E-state index is 0.123. The van der Waals surface area contributed by atoms with Gasteiger partial charge in [-0.25, -0.2) is 13.6 Å². The predicted molar refractivity (Wildman–Crippen MR) is 95.9 cm³/mol. The monoisotopic (exact) mass is 382 g/mol. The molecule has 27 heavy (non-hydrogen) atoms. The number of aryl methyl sites for hydroxylation is 1. The van der Waals surface area contributed by atoms with Crippen LogP contribution in [0.3, 0.4) is 0 Å². The second-order valence-corrected chi connectivity index (χ2v) is 6.70. The number of aromatic carboxylic acids is 1. The summed E-state index contributed by atoms with van der Waals surface area (Å²) in [6.07, 6.45) is 0.577. The Morgan fingerprint density at radius 2 is 2.04 bits per heavy atom. The van der Waals surface area contributed by atoms with Crippen molar-refractivity contribution in [3.8, 4) is 0 Å². The van der Waals surface area contributed by atoms with Crippen LogP contribution < -0.4 is 21.8 Å². The number of aliphatic hydroxyl groups excluding tert-OH is 1. The second kappa shape index (κ2) is 6.78. The Labute approximate surface area is 152 Å². The molecule has 0 aliphatic carbocycles. The summed E-state index contributed by atoms with van der Waals surface area (Å²) >= 11 is 0. The fourth-order valence-electron chi connectivity index (χ4n) is 3.58.